The van der Waals surface area contributed by atoms with Crippen molar-refractivity contribution >= 4 is 0 Å². The first-order valence-electron chi connectivity index (χ1n) is 8.24. The van der Waals surface area contributed by atoms with Crippen molar-refractivity contribution in [1.82, 2.24) is 24.8 Å². The minimum absolute atomic E-state index is 0.662. The summed E-state index contributed by atoms with van der Waals surface area (Å²) in [5.41, 5.74) is 3.29. The molecule has 0 aliphatic heterocycles. The van der Waals surface area contributed by atoms with E-state index in [1.54, 1.807) is 12.4 Å². The van der Waals surface area contributed by atoms with Gasteiger partial charge in [0.1, 0.15) is 0 Å². The van der Waals surface area contributed by atoms with Gasteiger partial charge in [0, 0.05) is 55.7 Å². The van der Waals surface area contributed by atoms with Crippen LogP contribution in [0.25, 0.3) is 11.4 Å². The Kier molecular flexibility index (Phi) is 4.25. The third kappa shape index (κ3) is 3.63. The summed E-state index contributed by atoms with van der Waals surface area (Å²) in [7, 11) is 0. The van der Waals surface area contributed by atoms with Crippen LogP contribution in [-0.2, 0) is 13.1 Å². The Labute approximate surface area is 141 Å². The first kappa shape index (κ1) is 14.9. The molecule has 5 heteroatoms. The fourth-order valence-electron chi connectivity index (χ4n) is 2.80. The van der Waals surface area contributed by atoms with Crippen LogP contribution in [0.1, 0.15) is 24.1 Å². The van der Waals surface area contributed by atoms with Crippen LogP contribution >= 0.6 is 0 Å². The quantitative estimate of drug-likeness (QED) is 0.699. The Morgan fingerprint density at radius 1 is 0.917 bits per heavy atom. The molecule has 0 aromatic carbocycles. The van der Waals surface area contributed by atoms with E-state index < -0.39 is 0 Å². The predicted molar refractivity (Wildman–Crippen MR) is 91.8 cm³/mol. The maximum absolute atomic E-state index is 4.73. The molecule has 0 bridgehead atoms. The molecule has 1 fully saturated rings. The van der Waals surface area contributed by atoms with Gasteiger partial charge in [0.25, 0.3) is 0 Å². The van der Waals surface area contributed by atoms with Gasteiger partial charge in [-0.1, -0.05) is 0 Å². The average Bonchev–Trinajstić information content (AvgIpc) is 3.48. The molecular weight excluding hydrogens is 298 g/mol. The van der Waals surface area contributed by atoms with Crippen LogP contribution in [0.4, 0.5) is 0 Å². The van der Waals surface area contributed by atoms with Gasteiger partial charge in [-0.2, -0.15) is 0 Å². The van der Waals surface area contributed by atoms with E-state index >= 15 is 0 Å². The van der Waals surface area contributed by atoms with Crippen LogP contribution in [0.5, 0.6) is 0 Å². The van der Waals surface area contributed by atoms with Crippen LogP contribution in [-0.4, -0.2) is 30.9 Å². The van der Waals surface area contributed by atoms with Crippen molar-refractivity contribution in [2.45, 2.75) is 32.0 Å². The second kappa shape index (κ2) is 6.84. The van der Waals surface area contributed by atoms with Crippen molar-refractivity contribution in [3.8, 4) is 11.4 Å². The molecule has 0 unspecified atom stereocenters. The molecule has 0 atom stereocenters. The molecule has 3 aromatic rings. The Morgan fingerprint density at radius 3 is 2.54 bits per heavy atom. The van der Waals surface area contributed by atoms with Gasteiger partial charge in [-0.05, 0) is 48.7 Å². The number of pyridine rings is 2. The zero-order chi connectivity index (χ0) is 16.2. The summed E-state index contributed by atoms with van der Waals surface area (Å²) in [5.74, 6) is 0.736. The molecule has 24 heavy (non-hydrogen) atoms. The molecular formula is C19H19N5. The van der Waals surface area contributed by atoms with E-state index in [4.69, 9.17) is 4.98 Å². The standard InChI is InChI=1S/C19H19N5/c1-2-16(12-21-8-1)19-22-11-7-17(23-19)14-24(18-3-4-18)13-15-5-9-20-10-6-15/h1-2,5-12,18H,3-4,13-14H2. The van der Waals surface area contributed by atoms with Crippen LogP contribution in [0.15, 0.2) is 61.3 Å². The van der Waals surface area contributed by atoms with Crippen LogP contribution in [0.2, 0.25) is 0 Å². The van der Waals surface area contributed by atoms with Gasteiger partial charge in [0.15, 0.2) is 5.82 Å². The summed E-state index contributed by atoms with van der Waals surface area (Å²) in [6.07, 6.45) is 11.6. The monoisotopic (exact) mass is 317 g/mol. The Hall–Kier alpha value is -2.66. The molecule has 3 aromatic heterocycles. The summed E-state index contributed by atoms with van der Waals surface area (Å²) in [4.78, 5) is 19.9. The maximum atomic E-state index is 4.73. The van der Waals surface area contributed by atoms with E-state index in [1.807, 2.05) is 36.8 Å². The van der Waals surface area contributed by atoms with Gasteiger partial charge in [-0.3, -0.25) is 14.9 Å². The van der Waals surface area contributed by atoms with E-state index in [-0.39, 0.29) is 0 Å². The summed E-state index contributed by atoms with van der Waals surface area (Å²) in [6.45, 7) is 1.77. The Bertz CT molecular complexity index is 787. The van der Waals surface area contributed by atoms with Crippen molar-refractivity contribution < 1.29 is 0 Å². The maximum Gasteiger partial charge on any atom is 0.160 e. The molecule has 4 rings (SSSR count). The van der Waals surface area contributed by atoms with Crippen LogP contribution in [0.3, 0.4) is 0 Å². The third-order valence-electron chi connectivity index (χ3n) is 4.20. The molecule has 1 saturated carbocycles. The first-order chi connectivity index (χ1) is 11.9. The lowest BCUT2D eigenvalue weighted by Gasteiger charge is -2.21. The first-order valence-corrected chi connectivity index (χ1v) is 8.24. The normalized spacial score (nSPS) is 14.0. The number of aromatic nitrogens is 4. The zero-order valence-corrected chi connectivity index (χ0v) is 13.4. The highest BCUT2D eigenvalue weighted by atomic mass is 15.2. The van der Waals surface area contributed by atoms with Gasteiger partial charge in [-0.15, -0.1) is 0 Å². The minimum atomic E-state index is 0.662. The molecule has 1 aliphatic carbocycles. The fraction of sp³-hybridized carbons (Fsp3) is 0.263. The summed E-state index contributed by atoms with van der Waals surface area (Å²) < 4.78 is 0. The van der Waals surface area contributed by atoms with Crippen molar-refractivity contribution in [2.75, 3.05) is 0 Å². The van der Waals surface area contributed by atoms with Gasteiger partial charge < -0.3 is 0 Å². The second-order valence-electron chi connectivity index (χ2n) is 6.10. The topological polar surface area (TPSA) is 54.8 Å². The lowest BCUT2D eigenvalue weighted by atomic mass is 10.2. The fourth-order valence-corrected chi connectivity index (χ4v) is 2.80. The molecule has 0 radical (unpaired) electrons. The molecule has 0 amide bonds. The van der Waals surface area contributed by atoms with E-state index in [1.165, 1.54) is 18.4 Å². The lowest BCUT2D eigenvalue weighted by molar-refractivity contribution is 0.242. The zero-order valence-electron chi connectivity index (χ0n) is 13.4. The van der Waals surface area contributed by atoms with Gasteiger partial charge >= 0.3 is 0 Å². The van der Waals surface area contributed by atoms with E-state index in [0.717, 1.165) is 30.2 Å². The van der Waals surface area contributed by atoms with Gasteiger partial charge in [0.05, 0.1) is 5.69 Å². The van der Waals surface area contributed by atoms with Crippen molar-refractivity contribution in [3.05, 3.63) is 72.6 Å². The average molecular weight is 317 g/mol. The highest BCUT2D eigenvalue weighted by Crippen LogP contribution is 2.29. The molecule has 120 valence electrons. The van der Waals surface area contributed by atoms with E-state index in [9.17, 15) is 0 Å². The SMILES string of the molecule is c1cncc(-c2nccc(CN(Cc3ccncc3)C3CC3)n2)c1. The molecule has 0 N–H and O–H groups in total. The molecule has 5 nitrogen and oxygen atoms in total. The molecule has 3 heterocycles. The second-order valence-corrected chi connectivity index (χ2v) is 6.10. The van der Waals surface area contributed by atoms with Crippen LogP contribution in [0, 0.1) is 0 Å². The van der Waals surface area contributed by atoms with Crippen molar-refractivity contribution in [1.29, 1.82) is 0 Å². The van der Waals surface area contributed by atoms with Gasteiger partial charge in [-0.25, -0.2) is 9.97 Å². The molecule has 0 spiro atoms. The highest BCUT2D eigenvalue weighted by molar-refractivity contribution is 5.52. The Morgan fingerprint density at radius 2 is 1.79 bits per heavy atom. The molecule has 0 saturated heterocycles. The lowest BCUT2D eigenvalue weighted by Crippen LogP contribution is -2.25. The summed E-state index contributed by atoms with van der Waals surface area (Å²) >= 11 is 0. The number of nitrogens with zero attached hydrogens (tertiary/aromatic N) is 5. The summed E-state index contributed by atoms with van der Waals surface area (Å²) in [5, 5.41) is 0. The Balaban J connectivity index is 1.52. The number of hydrogen-bond acceptors (Lipinski definition) is 5. The van der Waals surface area contributed by atoms with E-state index in [2.05, 4.69) is 32.0 Å². The smallest absolute Gasteiger partial charge is 0.160 e. The third-order valence-corrected chi connectivity index (χ3v) is 4.20. The summed E-state index contributed by atoms with van der Waals surface area (Å²) in [6, 6.07) is 10.7. The van der Waals surface area contributed by atoms with Crippen molar-refractivity contribution in [3.63, 3.8) is 0 Å². The minimum Gasteiger partial charge on any atom is -0.290 e. The number of rotatable bonds is 6. The van der Waals surface area contributed by atoms with E-state index in [0.29, 0.717) is 6.04 Å². The largest absolute Gasteiger partial charge is 0.290 e. The molecule has 1 aliphatic rings. The predicted octanol–water partition coefficient (Wildman–Crippen LogP) is 3.10. The number of hydrogen-bond donors (Lipinski definition) is 0. The van der Waals surface area contributed by atoms with Crippen LogP contribution < -0.4 is 0 Å². The highest BCUT2D eigenvalue weighted by Gasteiger charge is 2.29. The van der Waals surface area contributed by atoms with Gasteiger partial charge in [0.2, 0.25) is 0 Å². The van der Waals surface area contributed by atoms with Crippen molar-refractivity contribution in [2.24, 2.45) is 0 Å².